The number of hydrogen-bond donors (Lipinski definition) is 0. The van der Waals surface area contributed by atoms with Crippen molar-refractivity contribution in [2.45, 2.75) is 51.1 Å². The van der Waals surface area contributed by atoms with Crippen molar-refractivity contribution >= 4 is 21.8 Å². The van der Waals surface area contributed by atoms with E-state index in [9.17, 15) is 13.2 Å². The Labute approximate surface area is 209 Å². The Bertz CT molecular complexity index is 1140. The van der Waals surface area contributed by atoms with E-state index in [1.807, 2.05) is 24.3 Å². The minimum atomic E-state index is -3.49. The number of amides is 1. The molecule has 1 saturated heterocycles. The summed E-state index contributed by atoms with van der Waals surface area (Å²) >= 11 is 0. The minimum absolute atomic E-state index is 0.0294. The fourth-order valence-corrected chi connectivity index (χ4v) is 7.23. The molecular weight excluding hydrogens is 460 g/mol. The summed E-state index contributed by atoms with van der Waals surface area (Å²) in [5.74, 6) is -0.0294. The summed E-state index contributed by atoms with van der Waals surface area (Å²) < 4.78 is 29.4. The van der Waals surface area contributed by atoms with Gasteiger partial charge in [0.15, 0.2) is 0 Å². The fraction of sp³-hybridized carbons (Fsp3) is 0.519. The van der Waals surface area contributed by atoms with Gasteiger partial charge in [0.25, 0.3) is 16.1 Å². The van der Waals surface area contributed by atoms with Crippen molar-refractivity contribution in [3.05, 3.63) is 65.2 Å². The van der Waals surface area contributed by atoms with Gasteiger partial charge in [-0.2, -0.15) is 17.0 Å². The van der Waals surface area contributed by atoms with E-state index in [2.05, 4.69) is 29.2 Å². The van der Waals surface area contributed by atoms with Crippen LogP contribution in [0.2, 0.25) is 0 Å². The Balaban J connectivity index is 1.17. The highest BCUT2D eigenvalue weighted by Crippen LogP contribution is 2.27. The second kappa shape index (κ2) is 10.3. The lowest BCUT2D eigenvalue weighted by atomic mass is 9.96. The maximum atomic E-state index is 13.1. The van der Waals surface area contributed by atoms with Gasteiger partial charge < -0.3 is 9.80 Å². The summed E-state index contributed by atoms with van der Waals surface area (Å²) in [6, 6.07) is 16.5. The van der Waals surface area contributed by atoms with Crippen molar-refractivity contribution in [1.29, 1.82) is 0 Å². The van der Waals surface area contributed by atoms with Gasteiger partial charge in [-0.15, -0.1) is 0 Å². The van der Waals surface area contributed by atoms with Crippen LogP contribution < -0.4 is 4.90 Å². The number of hydrogen-bond acceptors (Lipinski definition) is 4. The molecule has 1 amide bonds. The van der Waals surface area contributed by atoms with Crippen LogP contribution in [0.3, 0.4) is 0 Å². The number of carbonyl (C=O) groups excluding carboxylic acids is 1. The Hall–Kier alpha value is -2.42. The van der Waals surface area contributed by atoms with Crippen molar-refractivity contribution in [2.75, 3.05) is 44.7 Å². The minimum Gasteiger partial charge on any atom is -0.367 e. The second-order valence-corrected chi connectivity index (χ2v) is 12.0. The van der Waals surface area contributed by atoms with Gasteiger partial charge in [-0.25, -0.2) is 0 Å². The average Bonchev–Trinajstić information content (AvgIpc) is 2.92. The Morgan fingerprint density at radius 1 is 0.857 bits per heavy atom. The van der Waals surface area contributed by atoms with Crippen LogP contribution in [0, 0.1) is 0 Å². The van der Waals surface area contributed by atoms with E-state index in [4.69, 9.17) is 0 Å². The number of fused-ring (bicyclic) bond motifs is 1. The Morgan fingerprint density at radius 2 is 1.51 bits per heavy atom. The van der Waals surface area contributed by atoms with Crippen molar-refractivity contribution in [3.63, 3.8) is 0 Å². The Morgan fingerprint density at radius 3 is 2.20 bits per heavy atom. The average molecular weight is 497 g/mol. The van der Waals surface area contributed by atoms with Crippen LogP contribution in [-0.4, -0.2) is 73.6 Å². The first kappa shape index (κ1) is 24.3. The number of piperazine rings is 1. The molecule has 0 radical (unpaired) electrons. The molecule has 0 bridgehead atoms. The lowest BCUT2D eigenvalue weighted by Crippen LogP contribution is -2.55. The van der Waals surface area contributed by atoms with Gasteiger partial charge in [-0.05, 0) is 54.7 Å². The summed E-state index contributed by atoms with van der Waals surface area (Å²) in [6.07, 6.45) is 6.29. The number of anilines is 1. The highest BCUT2D eigenvalue weighted by molar-refractivity contribution is 7.86. The zero-order valence-corrected chi connectivity index (χ0v) is 21.4. The SMILES string of the molecule is CN(C1CCCCC1)S(=O)(=O)N1CCN(C(=O)c2ccc(N3CCc4ccccc4C3)cc2)CC1. The van der Waals surface area contributed by atoms with Crippen molar-refractivity contribution in [1.82, 2.24) is 13.5 Å². The van der Waals surface area contributed by atoms with E-state index in [1.54, 1.807) is 20.6 Å². The second-order valence-electron chi connectivity index (χ2n) is 9.99. The molecule has 2 aromatic carbocycles. The molecule has 8 heteroatoms. The summed E-state index contributed by atoms with van der Waals surface area (Å²) in [7, 11) is -1.78. The van der Waals surface area contributed by atoms with Crippen LogP contribution in [0.25, 0.3) is 0 Å². The monoisotopic (exact) mass is 496 g/mol. The van der Waals surface area contributed by atoms with E-state index in [0.29, 0.717) is 31.7 Å². The van der Waals surface area contributed by atoms with Gasteiger partial charge in [0.1, 0.15) is 0 Å². The summed E-state index contributed by atoms with van der Waals surface area (Å²) in [5, 5.41) is 0. The third kappa shape index (κ3) is 5.10. The molecule has 1 aliphatic carbocycles. The van der Waals surface area contributed by atoms with Crippen LogP contribution in [0.1, 0.15) is 53.6 Å². The molecule has 2 aliphatic heterocycles. The number of rotatable bonds is 5. The molecule has 0 spiro atoms. The molecule has 0 atom stereocenters. The van der Waals surface area contributed by atoms with E-state index in [-0.39, 0.29) is 11.9 Å². The Kier molecular flexibility index (Phi) is 7.14. The predicted octanol–water partition coefficient (Wildman–Crippen LogP) is 3.52. The quantitative estimate of drug-likeness (QED) is 0.636. The molecule has 2 fully saturated rings. The summed E-state index contributed by atoms with van der Waals surface area (Å²) in [6.45, 7) is 3.38. The first-order valence-electron chi connectivity index (χ1n) is 12.9. The fourth-order valence-electron chi connectivity index (χ4n) is 5.65. The lowest BCUT2D eigenvalue weighted by Gasteiger charge is -2.38. The molecule has 1 saturated carbocycles. The van der Waals surface area contributed by atoms with Gasteiger partial charge in [0.2, 0.25) is 0 Å². The molecule has 0 N–H and O–H groups in total. The predicted molar refractivity (Wildman–Crippen MR) is 139 cm³/mol. The highest BCUT2D eigenvalue weighted by atomic mass is 32.2. The van der Waals surface area contributed by atoms with E-state index < -0.39 is 10.2 Å². The van der Waals surface area contributed by atoms with Crippen LogP contribution in [0.5, 0.6) is 0 Å². The molecule has 0 aromatic heterocycles. The highest BCUT2D eigenvalue weighted by Gasteiger charge is 2.35. The molecule has 5 rings (SSSR count). The molecule has 0 unspecified atom stereocenters. The standard InChI is InChI=1S/C27H36N4O3S/c1-28(25-9-3-2-4-10-25)35(33,34)31-19-17-29(18-20-31)27(32)23-11-13-26(14-12-23)30-16-15-22-7-5-6-8-24(22)21-30/h5-8,11-14,25H,2-4,9-10,15-21H2,1H3. The van der Waals surface area contributed by atoms with E-state index in [0.717, 1.165) is 50.9 Å². The molecule has 35 heavy (non-hydrogen) atoms. The number of carbonyl (C=O) groups is 1. The van der Waals surface area contributed by atoms with Crippen LogP contribution in [0.15, 0.2) is 48.5 Å². The first-order valence-corrected chi connectivity index (χ1v) is 14.3. The normalized spacial score (nSPS) is 20.2. The zero-order valence-electron chi connectivity index (χ0n) is 20.6. The molecule has 3 aliphatic rings. The van der Waals surface area contributed by atoms with E-state index >= 15 is 0 Å². The van der Waals surface area contributed by atoms with Crippen LogP contribution in [0.4, 0.5) is 5.69 Å². The van der Waals surface area contributed by atoms with Gasteiger partial charge in [0, 0.05) is 63.6 Å². The zero-order chi connectivity index (χ0) is 24.4. The van der Waals surface area contributed by atoms with Gasteiger partial charge in [-0.1, -0.05) is 43.5 Å². The first-order chi connectivity index (χ1) is 16.9. The molecule has 188 valence electrons. The molecule has 7 nitrogen and oxygen atoms in total. The van der Waals surface area contributed by atoms with Crippen LogP contribution in [-0.2, 0) is 23.2 Å². The summed E-state index contributed by atoms with van der Waals surface area (Å²) in [5.41, 5.74) is 4.56. The summed E-state index contributed by atoms with van der Waals surface area (Å²) in [4.78, 5) is 17.2. The third-order valence-corrected chi connectivity index (χ3v) is 9.96. The lowest BCUT2D eigenvalue weighted by molar-refractivity contribution is 0.0693. The van der Waals surface area contributed by atoms with Crippen molar-refractivity contribution in [2.24, 2.45) is 0 Å². The molecule has 2 heterocycles. The van der Waals surface area contributed by atoms with Gasteiger partial charge in [0.05, 0.1) is 0 Å². The van der Waals surface area contributed by atoms with E-state index in [1.165, 1.54) is 17.5 Å². The number of nitrogens with zero attached hydrogens (tertiary/aromatic N) is 4. The molecular formula is C27H36N4O3S. The third-order valence-electron chi connectivity index (χ3n) is 7.92. The number of benzene rings is 2. The van der Waals surface area contributed by atoms with Gasteiger partial charge >= 0.3 is 0 Å². The maximum Gasteiger partial charge on any atom is 0.282 e. The topological polar surface area (TPSA) is 64.2 Å². The van der Waals surface area contributed by atoms with Gasteiger partial charge in [-0.3, -0.25) is 4.79 Å². The largest absolute Gasteiger partial charge is 0.367 e. The maximum absolute atomic E-state index is 13.1. The smallest absolute Gasteiger partial charge is 0.282 e. The van der Waals surface area contributed by atoms with Crippen molar-refractivity contribution in [3.8, 4) is 0 Å². The van der Waals surface area contributed by atoms with Crippen molar-refractivity contribution < 1.29 is 13.2 Å². The van der Waals surface area contributed by atoms with Crippen LogP contribution >= 0.6 is 0 Å². The molecule has 2 aromatic rings.